The monoisotopic (exact) mass is 197 g/mol. The van der Waals surface area contributed by atoms with Crippen molar-refractivity contribution in [2.24, 2.45) is 0 Å². The minimum absolute atomic E-state index is 0.0988. The molecule has 0 aromatic heterocycles. The molecule has 0 aliphatic carbocycles. The second-order valence-electron chi connectivity index (χ2n) is 3.44. The third kappa shape index (κ3) is 1.85. The fourth-order valence-corrected chi connectivity index (χ4v) is 1.40. The number of unbranched alkanes of at least 4 members (excludes halogenated alkanes) is 1. The molecule has 0 radical (unpaired) electrons. The van der Waals surface area contributed by atoms with Crippen molar-refractivity contribution < 1.29 is 14.7 Å². The summed E-state index contributed by atoms with van der Waals surface area (Å²) in [6, 6.07) is 0. The van der Waals surface area contributed by atoms with Crippen LogP contribution < -0.4 is 0 Å². The van der Waals surface area contributed by atoms with E-state index in [1.165, 1.54) is 4.90 Å². The van der Waals surface area contributed by atoms with Gasteiger partial charge in [0, 0.05) is 24.3 Å². The second-order valence-corrected chi connectivity index (χ2v) is 3.44. The summed E-state index contributed by atoms with van der Waals surface area (Å²) in [5.74, 6) is -0.379. The molecule has 2 amide bonds. The molecule has 0 aromatic rings. The zero-order valence-electron chi connectivity index (χ0n) is 8.54. The van der Waals surface area contributed by atoms with Gasteiger partial charge in [-0.2, -0.15) is 0 Å². The second kappa shape index (κ2) is 4.37. The van der Waals surface area contributed by atoms with Crippen LogP contribution in [-0.4, -0.2) is 35.0 Å². The zero-order chi connectivity index (χ0) is 10.7. The van der Waals surface area contributed by atoms with Crippen LogP contribution in [0.15, 0.2) is 11.1 Å². The number of nitrogens with zero attached hydrogens (tertiary/aromatic N) is 1. The summed E-state index contributed by atoms with van der Waals surface area (Å²) in [5.41, 5.74) is 1.08. The highest BCUT2D eigenvalue weighted by molar-refractivity contribution is 6.18. The van der Waals surface area contributed by atoms with Gasteiger partial charge in [0.05, 0.1) is 0 Å². The van der Waals surface area contributed by atoms with E-state index in [-0.39, 0.29) is 18.4 Å². The Hall–Kier alpha value is -1.16. The van der Waals surface area contributed by atoms with E-state index < -0.39 is 0 Å². The molecule has 1 aliphatic rings. The Balaban J connectivity index is 2.58. The minimum atomic E-state index is -0.189. The topological polar surface area (TPSA) is 57.6 Å². The molecule has 1 heterocycles. The molecule has 0 saturated heterocycles. The summed E-state index contributed by atoms with van der Waals surface area (Å²) in [6.07, 6.45) is 1.28. The quantitative estimate of drug-likeness (QED) is 0.526. The van der Waals surface area contributed by atoms with Gasteiger partial charge in [-0.15, -0.1) is 0 Å². The summed E-state index contributed by atoms with van der Waals surface area (Å²) < 4.78 is 0. The SMILES string of the molecule is CC1=C(C)C(=O)N(CCCCO)C1=O. The standard InChI is InChI=1S/C10H15NO3/c1-7-8(2)10(14)11(9(7)13)5-3-4-6-12/h12H,3-6H2,1-2H3. The van der Waals surface area contributed by atoms with Crippen LogP contribution in [0.2, 0.25) is 0 Å². The van der Waals surface area contributed by atoms with Gasteiger partial charge in [-0.25, -0.2) is 0 Å². The smallest absolute Gasteiger partial charge is 0.256 e. The molecule has 1 N–H and O–H groups in total. The predicted molar refractivity (Wildman–Crippen MR) is 51.4 cm³/mol. The highest BCUT2D eigenvalue weighted by Gasteiger charge is 2.32. The van der Waals surface area contributed by atoms with E-state index in [0.717, 1.165) is 0 Å². The van der Waals surface area contributed by atoms with Gasteiger partial charge >= 0.3 is 0 Å². The van der Waals surface area contributed by atoms with E-state index >= 15 is 0 Å². The lowest BCUT2D eigenvalue weighted by Crippen LogP contribution is -2.32. The van der Waals surface area contributed by atoms with Crippen LogP contribution in [0.25, 0.3) is 0 Å². The number of hydrogen-bond acceptors (Lipinski definition) is 3. The van der Waals surface area contributed by atoms with Crippen molar-refractivity contribution in [3.8, 4) is 0 Å². The van der Waals surface area contributed by atoms with Crippen molar-refractivity contribution in [2.45, 2.75) is 26.7 Å². The summed E-state index contributed by atoms with van der Waals surface area (Å²) >= 11 is 0. The summed E-state index contributed by atoms with van der Waals surface area (Å²) in [5, 5.41) is 8.58. The molecule has 1 rings (SSSR count). The summed E-state index contributed by atoms with van der Waals surface area (Å²) in [6.45, 7) is 3.84. The number of carbonyl (C=O) groups is 2. The lowest BCUT2D eigenvalue weighted by atomic mass is 10.2. The van der Waals surface area contributed by atoms with Crippen LogP contribution in [0.5, 0.6) is 0 Å². The summed E-state index contributed by atoms with van der Waals surface area (Å²) in [7, 11) is 0. The fourth-order valence-electron chi connectivity index (χ4n) is 1.40. The zero-order valence-corrected chi connectivity index (χ0v) is 8.54. The first-order valence-corrected chi connectivity index (χ1v) is 4.74. The molecule has 0 unspecified atom stereocenters. The van der Waals surface area contributed by atoms with Crippen LogP contribution in [0, 0.1) is 0 Å². The number of aliphatic hydroxyl groups excluding tert-OH is 1. The Morgan fingerprint density at radius 3 is 2.00 bits per heavy atom. The van der Waals surface area contributed by atoms with E-state index in [1.807, 2.05) is 0 Å². The number of carbonyl (C=O) groups excluding carboxylic acids is 2. The highest BCUT2D eigenvalue weighted by Crippen LogP contribution is 2.19. The molecule has 0 bridgehead atoms. The molecule has 0 fully saturated rings. The number of hydrogen-bond donors (Lipinski definition) is 1. The Kier molecular flexibility index (Phi) is 3.41. The first kappa shape index (κ1) is 10.9. The van der Waals surface area contributed by atoms with Crippen molar-refractivity contribution >= 4 is 11.8 Å². The molecular weight excluding hydrogens is 182 g/mol. The van der Waals surface area contributed by atoms with Crippen molar-refractivity contribution in [1.82, 2.24) is 4.90 Å². The lowest BCUT2D eigenvalue weighted by molar-refractivity contribution is -0.137. The van der Waals surface area contributed by atoms with E-state index in [0.29, 0.717) is 30.5 Å². The molecule has 0 atom stereocenters. The predicted octanol–water partition coefficient (Wildman–Crippen LogP) is 0.464. The molecular formula is C10H15NO3. The Bertz CT molecular complexity index is 270. The van der Waals surface area contributed by atoms with Crippen molar-refractivity contribution in [1.29, 1.82) is 0 Å². The van der Waals surface area contributed by atoms with E-state index in [1.54, 1.807) is 13.8 Å². The molecule has 0 aromatic carbocycles. The highest BCUT2D eigenvalue weighted by atomic mass is 16.3. The van der Waals surface area contributed by atoms with Gasteiger partial charge in [0.2, 0.25) is 0 Å². The number of rotatable bonds is 4. The Labute approximate surface area is 83.2 Å². The maximum atomic E-state index is 11.5. The molecule has 0 saturated carbocycles. The molecule has 1 aliphatic heterocycles. The van der Waals surface area contributed by atoms with Crippen LogP contribution in [-0.2, 0) is 9.59 Å². The van der Waals surface area contributed by atoms with Crippen LogP contribution >= 0.6 is 0 Å². The largest absolute Gasteiger partial charge is 0.396 e. The van der Waals surface area contributed by atoms with Crippen LogP contribution in [0.1, 0.15) is 26.7 Å². The molecule has 14 heavy (non-hydrogen) atoms. The molecule has 4 heteroatoms. The molecule has 0 spiro atoms. The molecule has 4 nitrogen and oxygen atoms in total. The van der Waals surface area contributed by atoms with Gasteiger partial charge in [-0.1, -0.05) is 0 Å². The first-order chi connectivity index (χ1) is 6.59. The Morgan fingerprint density at radius 2 is 1.57 bits per heavy atom. The average Bonchev–Trinajstić information content (AvgIpc) is 2.35. The number of amides is 2. The van der Waals surface area contributed by atoms with Gasteiger partial charge < -0.3 is 5.11 Å². The van der Waals surface area contributed by atoms with Gasteiger partial charge in [0.15, 0.2) is 0 Å². The van der Waals surface area contributed by atoms with E-state index in [4.69, 9.17) is 5.11 Å². The minimum Gasteiger partial charge on any atom is -0.396 e. The van der Waals surface area contributed by atoms with Gasteiger partial charge in [-0.05, 0) is 26.7 Å². The summed E-state index contributed by atoms with van der Waals surface area (Å²) in [4.78, 5) is 24.3. The first-order valence-electron chi connectivity index (χ1n) is 4.74. The van der Waals surface area contributed by atoms with Gasteiger partial charge in [0.25, 0.3) is 11.8 Å². The number of aliphatic hydroxyl groups is 1. The van der Waals surface area contributed by atoms with Gasteiger partial charge in [-0.3, -0.25) is 14.5 Å². The Morgan fingerprint density at radius 1 is 1.07 bits per heavy atom. The normalized spacial score (nSPS) is 17.2. The molecule has 78 valence electrons. The fraction of sp³-hybridized carbons (Fsp3) is 0.600. The number of imide groups is 1. The third-order valence-corrected chi connectivity index (χ3v) is 2.48. The average molecular weight is 197 g/mol. The lowest BCUT2D eigenvalue weighted by Gasteiger charge is -2.13. The van der Waals surface area contributed by atoms with E-state index in [2.05, 4.69) is 0 Å². The van der Waals surface area contributed by atoms with Gasteiger partial charge in [0.1, 0.15) is 0 Å². The van der Waals surface area contributed by atoms with Crippen molar-refractivity contribution in [3.63, 3.8) is 0 Å². The maximum Gasteiger partial charge on any atom is 0.256 e. The van der Waals surface area contributed by atoms with Crippen molar-refractivity contribution in [2.75, 3.05) is 13.2 Å². The van der Waals surface area contributed by atoms with Crippen LogP contribution in [0.4, 0.5) is 0 Å². The maximum absolute atomic E-state index is 11.5. The van der Waals surface area contributed by atoms with Crippen molar-refractivity contribution in [3.05, 3.63) is 11.1 Å². The third-order valence-electron chi connectivity index (χ3n) is 2.48. The van der Waals surface area contributed by atoms with E-state index in [9.17, 15) is 9.59 Å². The van der Waals surface area contributed by atoms with Crippen LogP contribution in [0.3, 0.4) is 0 Å².